The molecule has 1 heterocycles. The van der Waals surface area contributed by atoms with Gasteiger partial charge in [-0.05, 0) is 11.6 Å². The standard InChI is InChI=1S/C21H22F2N4O3/c1-30-11-10-26(13-15-8-5-9-16(22)17(15)23)18-19(24)27(21(29)25-20(18)28)12-14-6-3-2-4-7-14/h2-9H,10-13,24H2,1H3,(H,25,28,29). The van der Waals surface area contributed by atoms with Crippen LogP contribution in [0.25, 0.3) is 0 Å². The zero-order valence-electron chi connectivity index (χ0n) is 16.4. The van der Waals surface area contributed by atoms with Crippen LogP contribution in [0.4, 0.5) is 20.3 Å². The largest absolute Gasteiger partial charge is 0.383 e. The van der Waals surface area contributed by atoms with E-state index in [9.17, 15) is 18.4 Å². The van der Waals surface area contributed by atoms with Crippen molar-refractivity contribution in [3.05, 3.63) is 92.1 Å². The molecule has 0 aliphatic carbocycles. The number of aromatic nitrogens is 2. The van der Waals surface area contributed by atoms with E-state index in [1.807, 2.05) is 30.3 Å². The van der Waals surface area contributed by atoms with Gasteiger partial charge in [-0.15, -0.1) is 0 Å². The summed E-state index contributed by atoms with van der Waals surface area (Å²) < 4.78 is 34.2. The number of nitrogen functional groups attached to an aromatic ring is 1. The Morgan fingerprint density at radius 3 is 2.53 bits per heavy atom. The molecule has 7 nitrogen and oxygen atoms in total. The molecule has 2 aromatic carbocycles. The van der Waals surface area contributed by atoms with Crippen LogP contribution in [0.2, 0.25) is 0 Å². The van der Waals surface area contributed by atoms with Crippen molar-refractivity contribution in [2.45, 2.75) is 13.1 Å². The second-order valence-electron chi connectivity index (χ2n) is 6.69. The van der Waals surface area contributed by atoms with Crippen LogP contribution in [0.5, 0.6) is 0 Å². The van der Waals surface area contributed by atoms with Crippen molar-refractivity contribution in [1.29, 1.82) is 0 Å². The molecule has 0 unspecified atom stereocenters. The summed E-state index contributed by atoms with van der Waals surface area (Å²) in [6.45, 7) is 0.377. The Bertz CT molecular complexity index is 1130. The lowest BCUT2D eigenvalue weighted by Crippen LogP contribution is -2.39. The van der Waals surface area contributed by atoms with E-state index < -0.39 is 22.9 Å². The summed E-state index contributed by atoms with van der Waals surface area (Å²) >= 11 is 0. The molecule has 0 amide bonds. The maximum absolute atomic E-state index is 14.2. The highest BCUT2D eigenvalue weighted by Gasteiger charge is 2.21. The van der Waals surface area contributed by atoms with Gasteiger partial charge < -0.3 is 15.4 Å². The number of hydrogen-bond donors (Lipinski definition) is 2. The zero-order valence-corrected chi connectivity index (χ0v) is 16.4. The second-order valence-corrected chi connectivity index (χ2v) is 6.69. The van der Waals surface area contributed by atoms with E-state index in [0.717, 1.165) is 11.6 Å². The lowest BCUT2D eigenvalue weighted by molar-refractivity contribution is 0.205. The van der Waals surface area contributed by atoms with Gasteiger partial charge >= 0.3 is 5.69 Å². The van der Waals surface area contributed by atoms with Crippen molar-refractivity contribution in [2.75, 3.05) is 30.9 Å². The first-order valence-electron chi connectivity index (χ1n) is 9.25. The Balaban J connectivity index is 2.06. The molecule has 3 N–H and O–H groups in total. The number of aromatic amines is 1. The number of anilines is 2. The predicted molar refractivity (Wildman–Crippen MR) is 111 cm³/mol. The highest BCUT2D eigenvalue weighted by atomic mass is 19.2. The smallest absolute Gasteiger partial charge is 0.330 e. The van der Waals surface area contributed by atoms with Gasteiger partial charge in [0.1, 0.15) is 11.5 Å². The van der Waals surface area contributed by atoms with Crippen LogP contribution < -0.4 is 21.9 Å². The van der Waals surface area contributed by atoms with E-state index in [0.29, 0.717) is 0 Å². The Hall–Kier alpha value is -3.46. The average molecular weight is 416 g/mol. The van der Waals surface area contributed by atoms with Gasteiger partial charge in [0.15, 0.2) is 11.6 Å². The third-order valence-corrected chi connectivity index (χ3v) is 4.67. The molecular formula is C21H22F2N4O3. The van der Waals surface area contributed by atoms with Crippen molar-refractivity contribution in [3.8, 4) is 0 Å². The summed E-state index contributed by atoms with van der Waals surface area (Å²) in [4.78, 5) is 28.7. The lowest BCUT2D eigenvalue weighted by atomic mass is 10.1. The molecular weight excluding hydrogens is 394 g/mol. The minimum absolute atomic E-state index is 0.00811. The minimum atomic E-state index is -1.01. The summed E-state index contributed by atoms with van der Waals surface area (Å²) in [5.41, 5.74) is 5.70. The number of H-pyrrole nitrogens is 1. The number of nitrogens with one attached hydrogen (secondary N) is 1. The van der Waals surface area contributed by atoms with E-state index >= 15 is 0 Å². The van der Waals surface area contributed by atoms with Gasteiger partial charge in [-0.25, -0.2) is 13.6 Å². The number of nitrogens with two attached hydrogens (primary N) is 1. The minimum Gasteiger partial charge on any atom is -0.383 e. The van der Waals surface area contributed by atoms with Gasteiger partial charge in [0.2, 0.25) is 0 Å². The number of rotatable bonds is 8. The molecule has 0 aliphatic heterocycles. The number of halogens is 2. The molecule has 0 fully saturated rings. The summed E-state index contributed by atoms with van der Waals surface area (Å²) in [5.74, 6) is -2.07. The first-order chi connectivity index (χ1) is 14.4. The summed E-state index contributed by atoms with van der Waals surface area (Å²) in [6.07, 6.45) is 0. The predicted octanol–water partition coefficient (Wildman–Crippen LogP) is 2.10. The van der Waals surface area contributed by atoms with Crippen LogP contribution in [-0.2, 0) is 17.8 Å². The molecule has 0 saturated heterocycles. The summed E-state index contributed by atoms with van der Waals surface area (Å²) in [5, 5.41) is 0. The Morgan fingerprint density at radius 1 is 1.10 bits per heavy atom. The van der Waals surface area contributed by atoms with Gasteiger partial charge in [-0.1, -0.05) is 42.5 Å². The van der Waals surface area contributed by atoms with E-state index in [1.165, 1.54) is 28.7 Å². The summed E-state index contributed by atoms with van der Waals surface area (Å²) in [6, 6.07) is 12.9. The van der Waals surface area contributed by atoms with Crippen molar-refractivity contribution in [2.24, 2.45) is 0 Å². The quantitative estimate of drug-likeness (QED) is 0.587. The van der Waals surface area contributed by atoms with E-state index in [4.69, 9.17) is 10.5 Å². The van der Waals surface area contributed by atoms with Gasteiger partial charge in [0.05, 0.1) is 13.2 Å². The molecule has 9 heteroatoms. The monoisotopic (exact) mass is 416 g/mol. The van der Waals surface area contributed by atoms with Gasteiger partial charge in [0, 0.05) is 25.8 Å². The maximum atomic E-state index is 14.2. The number of benzene rings is 2. The van der Waals surface area contributed by atoms with Crippen LogP contribution in [-0.4, -0.2) is 29.8 Å². The maximum Gasteiger partial charge on any atom is 0.330 e. The second kappa shape index (κ2) is 9.36. The molecule has 0 aliphatic rings. The van der Waals surface area contributed by atoms with Crippen LogP contribution in [0, 0.1) is 11.6 Å². The van der Waals surface area contributed by atoms with E-state index in [-0.39, 0.29) is 43.3 Å². The molecule has 158 valence electrons. The fourth-order valence-corrected chi connectivity index (χ4v) is 3.15. The molecule has 3 rings (SSSR count). The molecule has 30 heavy (non-hydrogen) atoms. The topological polar surface area (TPSA) is 93.3 Å². The normalized spacial score (nSPS) is 10.9. The molecule has 0 spiro atoms. The van der Waals surface area contributed by atoms with Crippen LogP contribution in [0.15, 0.2) is 58.1 Å². The van der Waals surface area contributed by atoms with Crippen LogP contribution >= 0.6 is 0 Å². The zero-order chi connectivity index (χ0) is 21.7. The number of ether oxygens (including phenoxy) is 1. The van der Waals surface area contributed by atoms with Gasteiger partial charge in [-0.2, -0.15) is 0 Å². The Labute approximate surface area is 171 Å². The van der Waals surface area contributed by atoms with Crippen molar-refractivity contribution in [1.82, 2.24) is 9.55 Å². The van der Waals surface area contributed by atoms with Crippen molar-refractivity contribution in [3.63, 3.8) is 0 Å². The summed E-state index contributed by atoms with van der Waals surface area (Å²) in [7, 11) is 1.48. The molecule has 0 radical (unpaired) electrons. The van der Waals surface area contributed by atoms with E-state index in [2.05, 4.69) is 4.98 Å². The Kier molecular flexibility index (Phi) is 6.63. The number of hydrogen-bond acceptors (Lipinski definition) is 5. The first-order valence-corrected chi connectivity index (χ1v) is 9.25. The molecule has 1 aromatic heterocycles. The first kappa shape index (κ1) is 21.3. The molecule has 0 bridgehead atoms. The SMILES string of the molecule is COCCN(Cc1cccc(F)c1F)c1c(N)n(Cc2ccccc2)c(=O)[nH]c1=O. The van der Waals surface area contributed by atoms with Gasteiger partial charge in [-0.3, -0.25) is 14.3 Å². The highest BCUT2D eigenvalue weighted by Crippen LogP contribution is 2.22. The third kappa shape index (κ3) is 4.57. The highest BCUT2D eigenvalue weighted by molar-refractivity contribution is 5.62. The van der Waals surface area contributed by atoms with Gasteiger partial charge in [0.25, 0.3) is 5.56 Å². The molecule has 0 saturated carbocycles. The molecule has 3 aromatic rings. The van der Waals surface area contributed by atoms with E-state index in [1.54, 1.807) is 0 Å². The van der Waals surface area contributed by atoms with Crippen molar-refractivity contribution >= 4 is 11.5 Å². The lowest BCUT2D eigenvalue weighted by Gasteiger charge is -2.26. The number of methoxy groups -OCH3 is 1. The average Bonchev–Trinajstić information content (AvgIpc) is 2.73. The van der Waals surface area contributed by atoms with Crippen LogP contribution in [0.1, 0.15) is 11.1 Å². The fourth-order valence-electron chi connectivity index (χ4n) is 3.15. The molecule has 0 atom stereocenters. The van der Waals surface area contributed by atoms with Crippen molar-refractivity contribution < 1.29 is 13.5 Å². The van der Waals surface area contributed by atoms with Crippen LogP contribution in [0.3, 0.4) is 0 Å². The number of nitrogens with zero attached hydrogens (tertiary/aromatic N) is 2. The third-order valence-electron chi connectivity index (χ3n) is 4.67. The fraction of sp³-hybridized carbons (Fsp3) is 0.238. The Morgan fingerprint density at radius 2 is 1.83 bits per heavy atom.